The summed E-state index contributed by atoms with van der Waals surface area (Å²) in [5, 5.41) is 0. The van der Waals surface area contributed by atoms with Crippen molar-refractivity contribution in [3.05, 3.63) is 59.9 Å². The molecule has 1 aromatic heterocycles. The molecule has 4 heteroatoms. The van der Waals surface area contributed by atoms with Gasteiger partial charge in [-0.3, -0.25) is 10.8 Å². The zero-order valence-corrected chi connectivity index (χ0v) is 10.4. The summed E-state index contributed by atoms with van der Waals surface area (Å²) in [6.07, 6.45) is 5.65. The standard InChI is InChI=1S/C13H15N3S/c1-17-12-6-4-10(5-7-12)13(16-14)11-3-2-8-15-9-11/h2-9,13,16H,14H2,1H3. The molecular formula is C13H15N3S. The minimum atomic E-state index is -0.0143. The molecule has 1 unspecified atom stereocenters. The molecule has 2 rings (SSSR count). The van der Waals surface area contributed by atoms with Crippen LogP contribution in [0.15, 0.2) is 53.7 Å². The summed E-state index contributed by atoms with van der Waals surface area (Å²) >= 11 is 1.73. The number of nitrogens with two attached hydrogens (primary N) is 1. The van der Waals surface area contributed by atoms with Crippen LogP contribution in [-0.2, 0) is 0 Å². The second kappa shape index (κ2) is 5.82. The van der Waals surface area contributed by atoms with Crippen molar-refractivity contribution in [1.29, 1.82) is 0 Å². The van der Waals surface area contributed by atoms with Crippen LogP contribution in [0.25, 0.3) is 0 Å². The van der Waals surface area contributed by atoms with Crippen molar-refractivity contribution in [3.63, 3.8) is 0 Å². The van der Waals surface area contributed by atoms with Crippen LogP contribution in [0.5, 0.6) is 0 Å². The van der Waals surface area contributed by atoms with Gasteiger partial charge >= 0.3 is 0 Å². The number of nitrogens with zero attached hydrogens (tertiary/aromatic N) is 1. The van der Waals surface area contributed by atoms with Gasteiger partial charge in [0.1, 0.15) is 0 Å². The van der Waals surface area contributed by atoms with Gasteiger partial charge < -0.3 is 0 Å². The molecule has 0 aliphatic carbocycles. The number of rotatable bonds is 4. The van der Waals surface area contributed by atoms with Gasteiger partial charge in [-0.2, -0.15) is 0 Å². The van der Waals surface area contributed by atoms with Gasteiger partial charge in [0.2, 0.25) is 0 Å². The minimum absolute atomic E-state index is 0.0143. The molecule has 1 heterocycles. The lowest BCUT2D eigenvalue weighted by Gasteiger charge is -2.16. The van der Waals surface area contributed by atoms with Crippen molar-refractivity contribution in [1.82, 2.24) is 10.4 Å². The largest absolute Gasteiger partial charge is 0.271 e. The summed E-state index contributed by atoms with van der Waals surface area (Å²) in [7, 11) is 0. The molecule has 0 radical (unpaired) electrons. The third kappa shape index (κ3) is 2.85. The fraction of sp³-hybridized carbons (Fsp3) is 0.154. The van der Waals surface area contributed by atoms with Crippen LogP contribution in [0, 0.1) is 0 Å². The molecule has 0 aliphatic heterocycles. The maximum absolute atomic E-state index is 5.62. The lowest BCUT2D eigenvalue weighted by molar-refractivity contribution is 0.634. The molecule has 0 aliphatic rings. The van der Waals surface area contributed by atoms with E-state index in [2.05, 4.69) is 40.9 Å². The highest BCUT2D eigenvalue weighted by atomic mass is 32.2. The van der Waals surface area contributed by atoms with Crippen LogP contribution in [0.3, 0.4) is 0 Å². The number of hydrazine groups is 1. The quantitative estimate of drug-likeness (QED) is 0.493. The Labute approximate surface area is 105 Å². The smallest absolute Gasteiger partial charge is 0.0725 e. The maximum atomic E-state index is 5.62. The second-order valence-corrected chi connectivity index (χ2v) is 4.54. The van der Waals surface area contributed by atoms with Gasteiger partial charge in [0.05, 0.1) is 6.04 Å². The molecular weight excluding hydrogens is 230 g/mol. The van der Waals surface area contributed by atoms with E-state index in [1.807, 2.05) is 18.3 Å². The van der Waals surface area contributed by atoms with Gasteiger partial charge in [0.15, 0.2) is 0 Å². The lowest BCUT2D eigenvalue weighted by atomic mass is 10.0. The Morgan fingerprint density at radius 3 is 2.47 bits per heavy atom. The zero-order chi connectivity index (χ0) is 12.1. The average Bonchev–Trinajstić information content (AvgIpc) is 2.42. The van der Waals surface area contributed by atoms with Gasteiger partial charge in [-0.1, -0.05) is 18.2 Å². The van der Waals surface area contributed by atoms with Gasteiger partial charge in [-0.15, -0.1) is 11.8 Å². The Balaban J connectivity index is 2.29. The van der Waals surface area contributed by atoms with E-state index in [4.69, 9.17) is 5.84 Å². The molecule has 0 fully saturated rings. The SMILES string of the molecule is CSc1ccc(C(NN)c2cccnc2)cc1. The van der Waals surface area contributed by atoms with Crippen molar-refractivity contribution in [2.45, 2.75) is 10.9 Å². The van der Waals surface area contributed by atoms with E-state index in [0.29, 0.717) is 0 Å². The first-order chi connectivity index (χ1) is 8.35. The first kappa shape index (κ1) is 12.1. The monoisotopic (exact) mass is 245 g/mol. The molecule has 1 atom stereocenters. The summed E-state index contributed by atoms with van der Waals surface area (Å²) in [6, 6.07) is 12.3. The van der Waals surface area contributed by atoms with E-state index in [-0.39, 0.29) is 6.04 Å². The Hall–Kier alpha value is -1.36. The number of pyridine rings is 1. The molecule has 1 aromatic carbocycles. The van der Waals surface area contributed by atoms with Crippen molar-refractivity contribution in [2.75, 3.05) is 6.26 Å². The fourth-order valence-electron chi connectivity index (χ4n) is 1.73. The minimum Gasteiger partial charge on any atom is -0.271 e. The third-order valence-corrected chi connectivity index (χ3v) is 3.38. The van der Waals surface area contributed by atoms with E-state index in [0.717, 1.165) is 11.1 Å². The molecule has 0 saturated heterocycles. The second-order valence-electron chi connectivity index (χ2n) is 3.66. The number of thioether (sulfide) groups is 1. The topological polar surface area (TPSA) is 50.9 Å². The third-order valence-electron chi connectivity index (χ3n) is 2.63. The summed E-state index contributed by atoms with van der Waals surface area (Å²) < 4.78 is 0. The van der Waals surface area contributed by atoms with E-state index in [1.165, 1.54) is 4.90 Å². The van der Waals surface area contributed by atoms with Crippen LogP contribution >= 0.6 is 11.8 Å². The molecule has 88 valence electrons. The number of aromatic nitrogens is 1. The van der Waals surface area contributed by atoms with E-state index < -0.39 is 0 Å². The normalized spacial score (nSPS) is 12.4. The molecule has 3 N–H and O–H groups in total. The number of nitrogens with one attached hydrogen (secondary N) is 1. The van der Waals surface area contributed by atoms with Gasteiger partial charge in [0, 0.05) is 17.3 Å². The number of hydrogen-bond acceptors (Lipinski definition) is 4. The summed E-state index contributed by atoms with van der Waals surface area (Å²) in [5.41, 5.74) is 5.02. The molecule has 2 aromatic rings. The Bertz CT molecular complexity index is 456. The average molecular weight is 245 g/mol. The van der Waals surface area contributed by atoms with Crippen LogP contribution < -0.4 is 11.3 Å². The van der Waals surface area contributed by atoms with Crippen molar-refractivity contribution in [3.8, 4) is 0 Å². The van der Waals surface area contributed by atoms with E-state index in [1.54, 1.807) is 18.0 Å². The highest BCUT2D eigenvalue weighted by Gasteiger charge is 2.11. The summed E-state index contributed by atoms with van der Waals surface area (Å²) in [6.45, 7) is 0. The first-order valence-corrected chi connectivity index (χ1v) is 6.57. The summed E-state index contributed by atoms with van der Waals surface area (Å²) in [4.78, 5) is 5.36. The maximum Gasteiger partial charge on any atom is 0.0725 e. The lowest BCUT2D eigenvalue weighted by Crippen LogP contribution is -2.28. The Morgan fingerprint density at radius 2 is 1.94 bits per heavy atom. The Kier molecular flexibility index (Phi) is 4.14. The predicted molar refractivity (Wildman–Crippen MR) is 71.6 cm³/mol. The number of benzene rings is 1. The van der Waals surface area contributed by atoms with Crippen LogP contribution in [0.1, 0.15) is 17.2 Å². The van der Waals surface area contributed by atoms with Crippen molar-refractivity contribution in [2.24, 2.45) is 5.84 Å². The van der Waals surface area contributed by atoms with Crippen LogP contribution in [0.2, 0.25) is 0 Å². The van der Waals surface area contributed by atoms with E-state index in [9.17, 15) is 0 Å². The number of hydrogen-bond donors (Lipinski definition) is 2. The van der Waals surface area contributed by atoms with Gasteiger partial charge in [-0.25, -0.2) is 5.43 Å². The fourth-order valence-corrected chi connectivity index (χ4v) is 2.14. The zero-order valence-electron chi connectivity index (χ0n) is 9.63. The molecule has 0 amide bonds. The van der Waals surface area contributed by atoms with Crippen LogP contribution in [0.4, 0.5) is 0 Å². The van der Waals surface area contributed by atoms with Gasteiger partial charge in [-0.05, 0) is 35.6 Å². The Morgan fingerprint density at radius 1 is 1.18 bits per heavy atom. The van der Waals surface area contributed by atoms with E-state index >= 15 is 0 Å². The summed E-state index contributed by atoms with van der Waals surface area (Å²) in [5.74, 6) is 5.62. The molecule has 0 bridgehead atoms. The predicted octanol–water partition coefficient (Wildman–Crippen LogP) is 2.36. The highest BCUT2D eigenvalue weighted by molar-refractivity contribution is 7.98. The highest BCUT2D eigenvalue weighted by Crippen LogP contribution is 2.23. The van der Waals surface area contributed by atoms with Crippen molar-refractivity contribution >= 4 is 11.8 Å². The molecule has 3 nitrogen and oxygen atoms in total. The van der Waals surface area contributed by atoms with Crippen LogP contribution in [-0.4, -0.2) is 11.2 Å². The van der Waals surface area contributed by atoms with Gasteiger partial charge in [0.25, 0.3) is 0 Å². The van der Waals surface area contributed by atoms with Crippen molar-refractivity contribution < 1.29 is 0 Å². The first-order valence-electron chi connectivity index (χ1n) is 5.35. The molecule has 0 spiro atoms. The molecule has 17 heavy (non-hydrogen) atoms. The molecule has 0 saturated carbocycles.